The lowest BCUT2D eigenvalue weighted by Crippen LogP contribution is -2.66. The zero-order chi connectivity index (χ0) is 19.1. The van der Waals surface area contributed by atoms with E-state index in [1.807, 2.05) is 13.8 Å². The highest BCUT2D eigenvalue weighted by molar-refractivity contribution is 6.03. The van der Waals surface area contributed by atoms with Crippen molar-refractivity contribution in [2.24, 2.45) is 11.3 Å². The Balaban J connectivity index is 0.00000261. The number of rotatable bonds is 4. The minimum Gasteiger partial charge on any atom is -0.444 e. The van der Waals surface area contributed by atoms with Gasteiger partial charge in [0.1, 0.15) is 11.3 Å². The highest BCUT2D eigenvalue weighted by atomic mass is 16.6. The van der Waals surface area contributed by atoms with Crippen molar-refractivity contribution in [1.29, 1.82) is 0 Å². The zero-order valence-corrected chi connectivity index (χ0v) is 16.1. The lowest BCUT2D eigenvalue weighted by molar-refractivity contribution is -0.127. The van der Waals surface area contributed by atoms with Gasteiger partial charge in [-0.25, -0.2) is 9.78 Å². The van der Waals surface area contributed by atoms with Gasteiger partial charge in [0.2, 0.25) is 0 Å². The molecule has 1 amide bonds. The van der Waals surface area contributed by atoms with E-state index in [9.17, 15) is 9.59 Å². The van der Waals surface area contributed by atoms with Gasteiger partial charge in [-0.15, -0.1) is 0 Å². The average molecular weight is 363 g/mol. The molecule has 2 aliphatic heterocycles. The first-order valence-electron chi connectivity index (χ1n) is 8.96. The van der Waals surface area contributed by atoms with Gasteiger partial charge in [0.05, 0.1) is 36.2 Å². The van der Waals surface area contributed by atoms with Crippen LogP contribution in [0, 0.1) is 11.3 Å². The standard InChI is InChI=1S/C19H27N3O4.H2/c1-12(2)16(23)15-14(21-17(24)26-18(3,4)5)6-13(7-20-15)22-8-19(9-22)10-25-11-19;/h6-7,12H,8-11H2,1-5H3,(H,21,24);1H. The Bertz CT molecular complexity index is 718. The van der Waals surface area contributed by atoms with Crippen LogP contribution in [-0.2, 0) is 9.47 Å². The maximum Gasteiger partial charge on any atom is 0.412 e. The molecule has 144 valence electrons. The summed E-state index contributed by atoms with van der Waals surface area (Å²) in [7, 11) is 0. The van der Waals surface area contributed by atoms with Crippen LogP contribution in [0.1, 0.15) is 46.5 Å². The molecule has 3 rings (SSSR count). The van der Waals surface area contributed by atoms with E-state index in [4.69, 9.17) is 9.47 Å². The van der Waals surface area contributed by atoms with E-state index in [0.717, 1.165) is 32.0 Å². The molecular weight excluding hydrogens is 334 g/mol. The third-order valence-corrected chi connectivity index (χ3v) is 4.50. The van der Waals surface area contributed by atoms with E-state index in [1.165, 1.54) is 0 Å². The minimum atomic E-state index is -0.620. The van der Waals surface area contributed by atoms with Gasteiger partial charge in [-0.05, 0) is 26.8 Å². The maximum atomic E-state index is 12.5. The normalized spacial score (nSPS) is 18.3. The number of carbonyl (C=O) groups is 2. The van der Waals surface area contributed by atoms with E-state index >= 15 is 0 Å². The number of Topliss-reactive ketones (excluding diaryl/α,β-unsaturated/α-hetero) is 1. The fraction of sp³-hybridized carbons (Fsp3) is 0.632. The molecule has 1 N–H and O–H groups in total. The number of nitrogens with zero attached hydrogens (tertiary/aromatic N) is 2. The van der Waals surface area contributed by atoms with Gasteiger partial charge in [0, 0.05) is 20.4 Å². The first kappa shape index (κ1) is 18.6. The number of aromatic nitrogens is 1. The summed E-state index contributed by atoms with van der Waals surface area (Å²) in [4.78, 5) is 31.2. The predicted octanol–water partition coefficient (Wildman–Crippen LogP) is 3.35. The van der Waals surface area contributed by atoms with Crippen LogP contribution in [0.3, 0.4) is 0 Å². The van der Waals surface area contributed by atoms with Crippen molar-refractivity contribution in [1.82, 2.24) is 4.98 Å². The van der Waals surface area contributed by atoms with E-state index in [2.05, 4.69) is 15.2 Å². The summed E-state index contributed by atoms with van der Waals surface area (Å²) >= 11 is 0. The summed E-state index contributed by atoms with van der Waals surface area (Å²) in [6.07, 6.45) is 1.10. The molecule has 0 aromatic carbocycles. The molecule has 1 aromatic rings. The average Bonchev–Trinajstić information content (AvgIpc) is 2.41. The Kier molecular flexibility index (Phi) is 4.69. The maximum absolute atomic E-state index is 12.5. The van der Waals surface area contributed by atoms with Crippen molar-refractivity contribution in [2.45, 2.75) is 40.2 Å². The van der Waals surface area contributed by atoms with E-state index in [1.54, 1.807) is 33.0 Å². The number of hydrogen-bond acceptors (Lipinski definition) is 6. The van der Waals surface area contributed by atoms with Crippen LogP contribution in [0.4, 0.5) is 16.2 Å². The van der Waals surface area contributed by atoms with Crippen LogP contribution in [0.25, 0.3) is 0 Å². The lowest BCUT2D eigenvalue weighted by atomic mass is 9.78. The second-order valence-corrected chi connectivity index (χ2v) is 8.58. The van der Waals surface area contributed by atoms with Gasteiger partial charge < -0.3 is 14.4 Å². The molecule has 3 heterocycles. The van der Waals surface area contributed by atoms with Gasteiger partial charge >= 0.3 is 6.09 Å². The number of pyridine rings is 1. The largest absolute Gasteiger partial charge is 0.444 e. The summed E-state index contributed by atoms with van der Waals surface area (Å²) in [6, 6.07) is 1.80. The molecule has 2 saturated heterocycles. The number of nitrogens with one attached hydrogen (secondary N) is 1. The van der Waals surface area contributed by atoms with Crippen molar-refractivity contribution in [3.63, 3.8) is 0 Å². The van der Waals surface area contributed by atoms with Gasteiger partial charge in [0.25, 0.3) is 0 Å². The Morgan fingerprint density at radius 3 is 2.50 bits per heavy atom. The molecule has 7 heteroatoms. The Morgan fingerprint density at radius 2 is 2.00 bits per heavy atom. The second kappa shape index (κ2) is 6.54. The molecule has 26 heavy (non-hydrogen) atoms. The lowest BCUT2D eigenvalue weighted by Gasteiger charge is -2.55. The van der Waals surface area contributed by atoms with Gasteiger partial charge in [-0.1, -0.05) is 13.8 Å². The van der Waals surface area contributed by atoms with Crippen molar-refractivity contribution in [3.8, 4) is 0 Å². The molecule has 0 unspecified atom stereocenters. The molecule has 0 radical (unpaired) electrons. The number of hydrogen-bond donors (Lipinski definition) is 1. The smallest absolute Gasteiger partial charge is 0.412 e. The van der Waals surface area contributed by atoms with Crippen LogP contribution in [0.2, 0.25) is 0 Å². The van der Waals surface area contributed by atoms with E-state index in [-0.39, 0.29) is 24.2 Å². The predicted molar refractivity (Wildman–Crippen MR) is 101 cm³/mol. The fourth-order valence-electron chi connectivity index (χ4n) is 3.12. The summed E-state index contributed by atoms with van der Waals surface area (Å²) < 4.78 is 10.6. The quantitative estimate of drug-likeness (QED) is 0.826. The number of ketones is 1. The number of carbonyl (C=O) groups excluding carboxylic acids is 2. The molecule has 2 fully saturated rings. The highest BCUT2D eigenvalue weighted by Crippen LogP contribution is 2.40. The molecule has 7 nitrogen and oxygen atoms in total. The van der Waals surface area contributed by atoms with Gasteiger partial charge in [0.15, 0.2) is 5.78 Å². The SMILES string of the molecule is CC(C)C(=O)c1ncc(N2CC3(COC3)C2)cc1NC(=O)OC(C)(C)C.[HH]. The fourth-order valence-corrected chi connectivity index (χ4v) is 3.12. The number of ether oxygens (including phenoxy) is 2. The molecule has 0 bridgehead atoms. The molecule has 1 spiro atoms. The number of anilines is 2. The van der Waals surface area contributed by atoms with Crippen LogP contribution in [0.5, 0.6) is 0 Å². The molecular formula is C19H29N3O4. The second-order valence-electron chi connectivity index (χ2n) is 8.58. The molecule has 1 aromatic heterocycles. The van der Waals surface area contributed by atoms with Crippen LogP contribution in [0.15, 0.2) is 12.3 Å². The highest BCUT2D eigenvalue weighted by Gasteiger charge is 2.49. The molecule has 0 saturated carbocycles. The third kappa shape index (κ3) is 3.82. The van der Waals surface area contributed by atoms with Crippen molar-refractivity contribution in [2.75, 3.05) is 36.5 Å². The Morgan fingerprint density at radius 1 is 1.35 bits per heavy atom. The first-order valence-corrected chi connectivity index (χ1v) is 8.96. The van der Waals surface area contributed by atoms with E-state index in [0.29, 0.717) is 5.69 Å². The Hall–Kier alpha value is -2.15. The van der Waals surface area contributed by atoms with Crippen LogP contribution in [-0.4, -0.2) is 48.8 Å². The first-order chi connectivity index (χ1) is 12.1. The Labute approximate surface area is 155 Å². The topological polar surface area (TPSA) is 80.8 Å². The zero-order valence-electron chi connectivity index (χ0n) is 16.1. The van der Waals surface area contributed by atoms with Gasteiger partial charge in [-0.3, -0.25) is 10.1 Å². The van der Waals surface area contributed by atoms with Gasteiger partial charge in [-0.2, -0.15) is 0 Å². The third-order valence-electron chi connectivity index (χ3n) is 4.50. The van der Waals surface area contributed by atoms with Crippen molar-refractivity contribution in [3.05, 3.63) is 18.0 Å². The minimum absolute atomic E-state index is 0. The van der Waals surface area contributed by atoms with Crippen molar-refractivity contribution < 1.29 is 20.5 Å². The molecule has 0 atom stereocenters. The monoisotopic (exact) mass is 363 g/mol. The molecule has 2 aliphatic rings. The molecule has 0 aliphatic carbocycles. The van der Waals surface area contributed by atoms with Crippen molar-refractivity contribution >= 4 is 23.3 Å². The summed E-state index contributed by atoms with van der Waals surface area (Å²) in [6.45, 7) is 12.4. The summed E-state index contributed by atoms with van der Waals surface area (Å²) in [5.74, 6) is -0.331. The van der Waals surface area contributed by atoms with Crippen LogP contribution < -0.4 is 10.2 Å². The van der Waals surface area contributed by atoms with Crippen LogP contribution >= 0.6 is 0 Å². The summed E-state index contributed by atoms with van der Waals surface area (Å²) in [5, 5.41) is 2.70. The summed E-state index contributed by atoms with van der Waals surface area (Å²) in [5.41, 5.74) is 1.18. The number of amides is 1. The van der Waals surface area contributed by atoms with E-state index < -0.39 is 11.7 Å².